The molecule has 1 unspecified atom stereocenters. The topological polar surface area (TPSA) is 25.8 Å². The van der Waals surface area contributed by atoms with Crippen LogP contribution in [0.1, 0.15) is 37.6 Å². The lowest BCUT2D eigenvalue weighted by Crippen LogP contribution is -1.98. The molecule has 0 N–H and O–H groups in total. The minimum Gasteiger partial charge on any atom is -0.240 e. The molecule has 2 heteroatoms. The number of hydrogen-bond acceptors (Lipinski definition) is 2. The van der Waals surface area contributed by atoms with Crippen LogP contribution in [0, 0.1) is 0 Å². The molecule has 0 bridgehead atoms. The van der Waals surface area contributed by atoms with Gasteiger partial charge < -0.3 is 0 Å². The van der Waals surface area contributed by atoms with Crippen LogP contribution in [0.15, 0.2) is 19.0 Å². The molecule has 0 amide bonds. The fourth-order valence-corrected chi connectivity index (χ4v) is 0.890. The summed E-state index contributed by atoms with van der Waals surface area (Å²) < 4.78 is 0. The van der Waals surface area contributed by atoms with Gasteiger partial charge in [0.1, 0.15) is 5.82 Å². The van der Waals surface area contributed by atoms with E-state index in [9.17, 15) is 0 Å². The van der Waals surface area contributed by atoms with Gasteiger partial charge in [0.15, 0.2) is 0 Å². The van der Waals surface area contributed by atoms with E-state index >= 15 is 0 Å². The second kappa shape index (κ2) is 4.00. The van der Waals surface area contributed by atoms with Crippen LogP contribution in [-0.2, 0) is 0 Å². The third-order valence-electron chi connectivity index (χ3n) is 1.98. The Morgan fingerprint density at radius 1 is 1.50 bits per heavy atom. The van der Waals surface area contributed by atoms with Crippen LogP contribution in [-0.4, -0.2) is 9.97 Å². The van der Waals surface area contributed by atoms with Crippen LogP contribution < -0.4 is 0 Å². The van der Waals surface area contributed by atoms with Crippen molar-refractivity contribution < 1.29 is 0 Å². The van der Waals surface area contributed by atoms with E-state index in [0.717, 1.165) is 17.8 Å². The normalized spacial score (nSPS) is 12.5. The Balaban J connectivity index is 2.84. The molecular weight excluding hydrogens is 148 g/mol. The van der Waals surface area contributed by atoms with Crippen molar-refractivity contribution in [2.45, 2.75) is 26.2 Å². The lowest BCUT2D eigenvalue weighted by molar-refractivity contribution is 0.678. The standard InChI is InChI=1S/C10H14N2/c1-4-8(3)10-11-6-9(5-2)7-12-10/h5-8H,2,4H2,1,3H3. The average Bonchev–Trinajstić information content (AvgIpc) is 2.17. The summed E-state index contributed by atoms with van der Waals surface area (Å²) in [4.78, 5) is 8.48. The Morgan fingerprint density at radius 2 is 2.08 bits per heavy atom. The molecule has 1 atom stereocenters. The second-order valence-electron chi connectivity index (χ2n) is 2.89. The van der Waals surface area contributed by atoms with Crippen LogP contribution in [0.5, 0.6) is 0 Å². The molecule has 1 aromatic heterocycles. The number of hydrogen-bond donors (Lipinski definition) is 0. The minimum absolute atomic E-state index is 0.448. The van der Waals surface area contributed by atoms with Crippen molar-refractivity contribution in [3.8, 4) is 0 Å². The first kappa shape index (κ1) is 8.91. The van der Waals surface area contributed by atoms with Gasteiger partial charge in [0.05, 0.1) is 0 Å². The van der Waals surface area contributed by atoms with Gasteiger partial charge in [0.2, 0.25) is 0 Å². The van der Waals surface area contributed by atoms with Crippen molar-refractivity contribution >= 4 is 6.08 Å². The van der Waals surface area contributed by atoms with E-state index in [0.29, 0.717) is 5.92 Å². The van der Waals surface area contributed by atoms with E-state index < -0.39 is 0 Å². The van der Waals surface area contributed by atoms with Gasteiger partial charge in [-0.2, -0.15) is 0 Å². The van der Waals surface area contributed by atoms with E-state index in [2.05, 4.69) is 30.4 Å². The highest BCUT2D eigenvalue weighted by Crippen LogP contribution is 2.13. The molecule has 0 aliphatic heterocycles. The van der Waals surface area contributed by atoms with E-state index in [-0.39, 0.29) is 0 Å². The molecule has 64 valence electrons. The first-order valence-electron chi connectivity index (χ1n) is 4.22. The van der Waals surface area contributed by atoms with Crippen LogP contribution >= 0.6 is 0 Å². The quantitative estimate of drug-likeness (QED) is 0.682. The molecule has 0 spiro atoms. The lowest BCUT2D eigenvalue weighted by Gasteiger charge is -2.05. The molecule has 2 nitrogen and oxygen atoms in total. The van der Waals surface area contributed by atoms with Crippen molar-refractivity contribution in [3.05, 3.63) is 30.4 Å². The van der Waals surface area contributed by atoms with Gasteiger partial charge in [-0.05, 0) is 6.42 Å². The third-order valence-corrected chi connectivity index (χ3v) is 1.98. The summed E-state index contributed by atoms with van der Waals surface area (Å²) in [5.41, 5.74) is 0.974. The zero-order valence-corrected chi connectivity index (χ0v) is 7.62. The fraction of sp³-hybridized carbons (Fsp3) is 0.400. The number of nitrogens with zero attached hydrogens (tertiary/aromatic N) is 2. The summed E-state index contributed by atoms with van der Waals surface area (Å²) in [6, 6.07) is 0. The van der Waals surface area contributed by atoms with Gasteiger partial charge in [-0.25, -0.2) is 9.97 Å². The number of aromatic nitrogens is 2. The zero-order chi connectivity index (χ0) is 8.97. The maximum absolute atomic E-state index is 4.24. The van der Waals surface area contributed by atoms with Crippen LogP contribution in [0.25, 0.3) is 6.08 Å². The first-order valence-corrected chi connectivity index (χ1v) is 4.22. The Hall–Kier alpha value is -1.18. The Kier molecular flexibility index (Phi) is 2.97. The van der Waals surface area contributed by atoms with Gasteiger partial charge in [0.25, 0.3) is 0 Å². The molecule has 12 heavy (non-hydrogen) atoms. The van der Waals surface area contributed by atoms with E-state index in [4.69, 9.17) is 0 Å². The lowest BCUT2D eigenvalue weighted by atomic mass is 10.1. The molecular formula is C10H14N2. The highest BCUT2D eigenvalue weighted by Gasteiger charge is 2.04. The highest BCUT2D eigenvalue weighted by atomic mass is 14.9. The average molecular weight is 162 g/mol. The van der Waals surface area contributed by atoms with E-state index in [1.54, 1.807) is 6.08 Å². The molecule has 0 aliphatic carbocycles. The fourth-order valence-electron chi connectivity index (χ4n) is 0.890. The summed E-state index contributed by atoms with van der Waals surface area (Å²) in [6.07, 6.45) is 6.44. The summed E-state index contributed by atoms with van der Waals surface area (Å²) in [6.45, 7) is 7.91. The van der Waals surface area contributed by atoms with Crippen molar-refractivity contribution in [1.29, 1.82) is 0 Å². The Bertz CT molecular complexity index is 251. The summed E-state index contributed by atoms with van der Waals surface area (Å²) in [7, 11) is 0. The molecule has 1 heterocycles. The second-order valence-corrected chi connectivity index (χ2v) is 2.89. The molecule has 0 aromatic carbocycles. The van der Waals surface area contributed by atoms with Gasteiger partial charge in [-0.3, -0.25) is 0 Å². The van der Waals surface area contributed by atoms with Crippen LogP contribution in [0.3, 0.4) is 0 Å². The SMILES string of the molecule is C=Cc1cnc(C(C)CC)nc1. The summed E-state index contributed by atoms with van der Waals surface area (Å²) in [5.74, 6) is 1.37. The number of rotatable bonds is 3. The molecule has 0 aliphatic rings. The van der Waals surface area contributed by atoms with Gasteiger partial charge in [-0.15, -0.1) is 0 Å². The molecule has 1 rings (SSSR count). The summed E-state index contributed by atoms with van der Waals surface area (Å²) in [5, 5.41) is 0. The Labute approximate surface area is 73.4 Å². The van der Waals surface area contributed by atoms with E-state index in [1.165, 1.54) is 0 Å². The third kappa shape index (κ3) is 1.91. The molecule has 0 saturated carbocycles. The molecule has 0 saturated heterocycles. The smallest absolute Gasteiger partial charge is 0.131 e. The minimum atomic E-state index is 0.448. The van der Waals surface area contributed by atoms with E-state index in [1.807, 2.05) is 12.4 Å². The van der Waals surface area contributed by atoms with Gasteiger partial charge in [-0.1, -0.05) is 26.5 Å². The van der Waals surface area contributed by atoms with Gasteiger partial charge in [0, 0.05) is 23.9 Å². The highest BCUT2D eigenvalue weighted by molar-refractivity contribution is 5.43. The van der Waals surface area contributed by atoms with Crippen molar-refractivity contribution in [1.82, 2.24) is 9.97 Å². The molecule has 0 fully saturated rings. The maximum Gasteiger partial charge on any atom is 0.131 e. The van der Waals surface area contributed by atoms with Gasteiger partial charge >= 0.3 is 0 Å². The van der Waals surface area contributed by atoms with Crippen molar-refractivity contribution in [3.63, 3.8) is 0 Å². The Morgan fingerprint density at radius 3 is 2.50 bits per heavy atom. The maximum atomic E-state index is 4.24. The summed E-state index contributed by atoms with van der Waals surface area (Å²) >= 11 is 0. The molecule has 0 radical (unpaired) electrons. The molecule has 1 aromatic rings. The van der Waals surface area contributed by atoms with Crippen molar-refractivity contribution in [2.75, 3.05) is 0 Å². The monoisotopic (exact) mass is 162 g/mol. The van der Waals surface area contributed by atoms with Crippen LogP contribution in [0.2, 0.25) is 0 Å². The van der Waals surface area contributed by atoms with Crippen molar-refractivity contribution in [2.24, 2.45) is 0 Å². The van der Waals surface area contributed by atoms with Crippen LogP contribution in [0.4, 0.5) is 0 Å². The zero-order valence-electron chi connectivity index (χ0n) is 7.62. The predicted octanol–water partition coefficient (Wildman–Crippen LogP) is 2.63. The first-order chi connectivity index (χ1) is 5.77. The largest absolute Gasteiger partial charge is 0.240 e. The predicted molar refractivity (Wildman–Crippen MR) is 50.8 cm³/mol.